The average molecular weight is 329 g/mol. The van der Waals surface area contributed by atoms with E-state index in [-0.39, 0.29) is 10.8 Å². The summed E-state index contributed by atoms with van der Waals surface area (Å²) in [4.78, 5) is 0. The lowest BCUT2D eigenvalue weighted by Crippen LogP contribution is -2.22. The minimum atomic E-state index is -0.533. The maximum absolute atomic E-state index is 9.65. The predicted octanol–water partition coefficient (Wildman–Crippen LogP) is 3.98. The lowest BCUT2D eigenvalue weighted by molar-refractivity contribution is -0.0200. The Morgan fingerprint density at radius 1 is 0.800 bits per heavy atom. The van der Waals surface area contributed by atoms with Gasteiger partial charge in [-0.1, -0.05) is 0 Å². The van der Waals surface area contributed by atoms with Gasteiger partial charge in [-0.15, -0.1) is 23.2 Å². The van der Waals surface area contributed by atoms with Crippen molar-refractivity contribution in [2.75, 3.05) is 26.4 Å². The van der Waals surface area contributed by atoms with E-state index in [9.17, 15) is 5.11 Å². The van der Waals surface area contributed by atoms with Gasteiger partial charge in [-0.25, -0.2) is 0 Å². The van der Waals surface area contributed by atoms with Gasteiger partial charge >= 0.3 is 0 Å². The molecule has 0 aliphatic heterocycles. The number of hydrogen-bond donors (Lipinski definition) is 1. The number of unbranched alkanes of at least 4 members (excludes halogenated alkanes) is 2. The normalized spacial score (nSPS) is 16.1. The van der Waals surface area contributed by atoms with E-state index >= 15 is 0 Å². The van der Waals surface area contributed by atoms with Gasteiger partial charge in [0.15, 0.2) is 0 Å². The number of ether oxygens (including phenoxy) is 2. The minimum absolute atomic E-state index is 0.232. The number of rotatable bonds is 14. The van der Waals surface area contributed by atoms with Crippen molar-refractivity contribution in [1.29, 1.82) is 0 Å². The topological polar surface area (TPSA) is 38.7 Å². The second kappa shape index (κ2) is 14.4. The summed E-state index contributed by atoms with van der Waals surface area (Å²) in [5.41, 5.74) is 0. The van der Waals surface area contributed by atoms with Crippen LogP contribution in [-0.2, 0) is 9.47 Å². The molecule has 0 aromatic heterocycles. The summed E-state index contributed by atoms with van der Waals surface area (Å²) in [7, 11) is 0. The highest BCUT2D eigenvalue weighted by atomic mass is 35.5. The molecule has 0 amide bonds. The molecule has 1 N–H and O–H groups in total. The predicted molar refractivity (Wildman–Crippen MR) is 86.0 cm³/mol. The third-order valence-electron chi connectivity index (χ3n) is 2.90. The smallest absolute Gasteiger partial charge is 0.101 e. The van der Waals surface area contributed by atoms with Crippen LogP contribution >= 0.6 is 23.2 Å². The van der Waals surface area contributed by atoms with Gasteiger partial charge in [0.25, 0.3) is 0 Å². The number of halogens is 2. The van der Waals surface area contributed by atoms with Crippen molar-refractivity contribution in [3.8, 4) is 0 Å². The molecule has 2 unspecified atom stereocenters. The highest BCUT2D eigenvalue weighted by Gasteiger charge is 2.04. The standard InChI is InChI=1S/C15H30Cl2O3/c1-13(16)7-3-5-9-19-11-15(18)12-20-10-6-4-8-14(2)17/h13-15,18H,3-12H2,1-2H3. The van der Waals surface area contributed by atoms with Gasteiger partial charge in [0, 0.05) is 24.0 Å². The van der Waals surface area contributed by atoms with Crippen LogP contribution in [0.3, 0.4) is 0 Å². The molecule has 0 fully saturated rings. The molecule has 0 radical (unpaired) electrons. The fourth-order valence-electron chi connectivity index (χ4n) is 1.75. The quantitative estimate of drug-likeness (QED) is 0.387. The van der Waals surface area contributed by atoms with Gasteiger partial charge in [-0.05, 0) is 52.4 Å². The first-order valence-electron chi connectivity index (χ1n) is 7.64. The summed E-state index contributed by atoms with van der Waals surface area (Å²) >= 11 is 11.7. The zero-order valence-corrected chi connectivity index (χ0v) is 14.3. The largest absolute Gasteiger partial charge is 0.388 e. The molecule has 20 heavy (non-hydrogen) atoms. The number of hydrogen-bond acceptors (Lipinski definition) is 3. The third kappa shape index (κ3) is 16.5. The second-order valence-electron chi connectivity index (χ2n) is 5.36. The van der Waals surface area contributed by atoms with Crippen LogP contribution in [0.1, 0.15) is 52.4 Å². The van der Waals surface area contributed by atoms with Crippen molar-refractivity contribution in [3.63, 3.8) is 0 Å². The fourth-order valence-corrected chi connectivity index (χ4v) is 2.05. The van der Waals surface area contributed by atoms with Gasteiger partial charge < -0.3 is 14.6 Å². The summed E-state index contributed by atoms with van der Waals surface area (Å²) in [6, 6.07) is 0. The monoisotopic (exact) mass is 328 g/mol. The molecular formula is C15H30Cl2O3. The van der Waals surface area contributed by atoms with Crippen molar-refractivity contribution in [2.45, 2.75) is 69.2 Å². The Morgan fingerprint density at radius 2 is 1.20 bits per heavy atom. The fraction of sp³-hybridized carbons (Fsp3) is 1.00. The first-order chi connectivity index (χ1) is 9.52. The lowest BCUT2D eigenvalue weighted by Gasteiger charge is -2.12. The van der Waals surface area contributed by atoms with Crippen LogP contribution in [0, 0.1) is 0 Å². The molecule has 0 spiro atoms. The van der Waals surface area contributed by atoms with Crippen LogP contribution in [-0.4, -0.2) is 48.4 Å². The maximum atomic E-state index is 9.65. The molecule has 3 nitrogen and oxygen atoms in total. The minimum Gasteiger partial charge on any atom is -0.388 e. The Labute approximate surface area is 133 Å². The highest BCUT2D eigenvalue weighted by molar-refractivity contribution is 6.20. The first kappa shape index (κ1) is 20.5. The summed E-state index contributed by atoms with van der Waals surface area (Å²) in [5, 5.41) is 10.1. The Hall–Kier alpha value is 0.460. The van der Waals surface area contributed by atoms with Crippen LogP contribution in [0.4, 0.5) is 0 Å². The molecule has 122 valence electrons. The van der Waals surface area contributed by atoms with Gasteiger partial charge in [0.05, 0.1) is 13.2 Å². The zero-order chi connectivity index (χ0) is 15.2. The lowest BCUT2D eigenvalue weighted by atomic mass is 10.2. The van der Waals surface area contributed by atoms with Crippen LogP contribution in [0.25, 0.3) is 0 Å². The van der Waals surface area contributed by atoms with Crippen LogP contribution in [0.15, 0.2) is 0 Å². The molecule has 0 bridgehead atoms. The summed E-state index contributed by atoms with van der Waals surface area (Å²) < 4.78 is 10.8. The van der Waals surface area contributed by atoms with E-state index in [1.807, 2.05) is 13.8 Å². The van der Waals surface area contributed by atoms with Crippen molar-refractivity contribution < 1.29 is 14.6 Å². The van der Waals surface area contributed by atoms with E-state index in [2.05, 4.69) is 0 Å². The van der Waals surface area contributed by atoms with E-state index in [1.165, 1.54) is 0 Å². The molecular weight excluding hydrogens is 299 g/mol. The van der Waals surface area contributed by atoms with Gasteiger partial charge in [-0.2, -0.15) is 0 Å². The molecule has 0 rings (SSSR count). The molecule has 2 atom stereocenters. The van der Waals surface area contributed by atoms with Gasteiger partial charge in [0.1, 0.15) is 6.10 Å². The van der Waals surface area contributed by atoms with Crippen LogP contribution in [0.2, 0.25) is 0 Å². The molecule has 5 heteroatoms. The van der Waals surface area contributed by atoms with E-state index in [4.69, 9.17) is 32.7 Å². The summed E-state index contributed by atoms with van der Waals surface area (Å²) in [6.07, 6.45) is 5.60. The zero-order valence-electron chi connectivity index (χ0n) is 12.8. The molecule has 0 saturated carbocycles. The van der Waals surface area contributed by atoms with E-state index in [0.717, 1.165) is 38.5 Å². The summed E-state index contributed by atoms with van der Waals surface area (Å²) in [5.74, 6) is 0. The number of aliphatic hydroxyl groups is 1. The Bertz CT molecular complexity index is 182. The molecule has 0 aliphatic carbocycles. The highest BCUT2D eigenvalue weighted by Crippen LogP contribution is 2.07. The van der Waals surface area contributed by atoms with E-state index in [1.54, 1.807) is 0 Å². The van der Waals surface area contributed by atoms with Crippen molar-refractivity contribution in [1.82, 2.24) is 0 Å². The number of alkyl halides is 2. The first-order valence-corrected chi connectivity index (χ1v) is 8.51. The third-order valence-corrected chi connectivity index (χ3v) is 3.34. The van der Waals surface area contributed by atoms with Crippen LogP contribution < -0.4 is 0 Å². The van der Waals surface area contributed by atoms with Crippen molar-refractivity contribution >= 4 is 23.2 Å². The van der Waals surface area contributed by atoms with Crippen molar-refractivity contribution in [2.24, 2.45) is 0 Å². The molecule has 0 aliphatic rings. The summed E-state index contributed by atoms with van der Waals surface area (Å²) in [6.45, 7) is 6.03. The molecule has 0 saturated heterocycles. The Balaban J connectivity index is 3.18. The van der Waals surface area contributed by atoms with Gasteiger partial charge in [0.2, 0.25) is 0 Å². The van der Waals surface area contributed by atoms with E-state index < -0.39 is 6.10 Å². The molecule has 0 aromatic rings. The maximum Gasteiger partial charge on any atom is 0.101 e. The second-order valence-corrected chi connectivity index (χ2v) is 6.85. The Kier molecular flexibility index (Phi) is 14.7. The van der Waals surface area contributed by atoms with Gasteiger partial charge in [-0.3, -0.25) is 0 Å². The number of aliphatic hydroxyl groups excluding tert-OH is 1. The average Bonchev–Trinajstić information content (AvgIpc) is 2.37. The van der Waals surface area contributed by atoms with Crippen molar-refractivity contribution in [3.05, 3.63) is 0 Å². The SMILES string of the molecule is CC(Cl)CCCCOCC(O)COCCCCC(C)Cl. The van der Waals surface area contributed by atoms with E-state index in [0.29, 0.717) is 26.4 Å². The molecule has 0 aromatic carbocycles. The van der Waals surface area contributed by atoms with Crippen LogP contribution in [0.5, 0.6) is 0 Å². The Morgan fingerprint density at radius 3 is 1.55 bits per heavy atom. The molecule has 0 heterocycles.